The van der Waals surface area contributed by atoms with Crippen molar-refractivity contribution in [3.63, 3.8) is 0 Å². The Morgan fingerprint density at radius 3 is 2.42 bits per heavy atom. The summed E-state index contributed by atoms with van der Waals surface area (Å²) >= 11 is 0. The average molecular weight is 270 g/mol. The van der Waals surface area contributed by atoms with Crippen molar-refractivity contribution in [2.75, 3.05) is 13.7 Å². The van der Waals surface area contributed by atoms with Crippen LogP contribution in [0.2, 0.25) is 0 Å². The number of hydrogen-bond donors (Lipinski definition) is 1. The Kier molecular flexibility index (Phi) is 3.99. The van der Waals surface area contributed by atoms with E-state index in [0.29, 0.717) is 6.54 Å². The smallest absolute Gasteiger partial charge is 0.407 e. The fourth-order valence-electron chi connectivity index (χ4n) is 2.55. The molecule has 19 heavy (non-hydrogen) atoms. The maximum absolute atomic E-state index is 12.4. The molecule has 1 unspecified atom stereocenters. The molecule has 6 nitrogen and oxygen atoms in total. The first-order valence-corrected chi connectivity index (χ1v) is 6.82. The van der Waals surface area contributed by atoms with Gasteiger partial charge < -0.3 is 10.1 Å². The molecule has 0 radical (unpaired) electrons. The molecular formula is C13H22N2O4. The number of hydrogen-bond acceptors (Lipinski definition) is 4. The summed E-state index contributed by atoms with van der Waals surface area (Å²) in [6.45, 7) is 4.37. The Hall–Kier alpha value is -1.30. The number of carbonyl (C=O) groups is 2. The van der Waals surface area contributed by atoms with Gasteiger partial charge in [-0.3, -0.25) is 9.63 Å². The SMILES string of the molecule is COC(=O)NC(C(=O)N1CCC2(CCC2)O1)C(C)C. The summed E-state index contributed by atoms with van der Waals surface area (Å²) in [5, 5.41) is 3.99. The second-order valence-electron chi connectivity index (χ2n) is 5.68. The van der Waals surface area contributed by atoms with Crippen LogP contribution < -0.4 is 5.32 Å². The van der Waals surface area contributed by atoms with Gasteiger partial charge in [-0.15, -0.1) is 0 Å². The molecule has 0 aromatic carbocycles. The number of ether oxygens (including phenoxy) is 1. The molecule has 1 aliphatic carbocycles. The second-order valence-corrected chi connectivity index (χ2v) is 5.68. The Balaban J connectivity index is 1.97. The zero-order chi connectivity index (χ0) is 14.0. The van der Waals surface area contributed by atoms with Gasteiger partial charge in [0.05, 0.1) is 19.3 Å². The first kappa shape index (κ1) is 14.1. The first-order valence-electron chi connectivity index (χ1n) is 6.82. The van der Waals surface area contributed by atoms with Gasteiger partial charge >= 0.3 is 6.09 Å². The van der Waals surface area contributed by atoms with Gasteiger partial charge in [-0.1, -0.05) is 13.8 Å². The number of hydroxylamine groups is 2. The Morgan fingerprint density at radius 2 is 2.00 bits per heavy atom. The number of rotatable bonds is 3. The van der Waals surface area contributed by atoms with Gasteiger partial charge in [-0.2, -0.15) is 0 Å². The van der Waals surface area contributed by atoms with Gasteiger partial charge in [0.25, 0.3) is 5.91 Å². The van der Waals surface area contributed by atoms with E-state index in [1.807, 2.05) is 13.8 Å². The van der Waals surface area contributed by atoms with Crippen molar-refractivity contribution < 1.29 is 19.2 Å². The van der Waals surface area contributed by atoms with Crippen LogP contribution >= 0.6 is 0 Å². The summed E-state index contributed by atoms with van der Waals surface area (Å²) in [5.41, 5.74) is -0.109. The molecule has 1 spiro atoms. The highest BCUT2D eigenvalue weighted by Gasteiger charge is 2.47. The number of amides is 2. The van der Waals surface area contributed by atoms with Crippen LogP contribution in [0.3, 0.4) is 0 Å². The van der Waals surface area contributed by atoms with E-state index in [0.717, 1.165) is 25.7 Å². The van der Waals surface area contributed by atoms with Crippen molar-refractivity contribution in [1.29, 1.82) is 0 Å². The van der Waals surface area contributed by atoms with Crippen LogP contribution in [0.1, 0.15) is 39.5 Å². The van der Waals surface area contributed by atoms with Crippen LogP contribution in [0.4, 0.5) is 4.79 Å². The third-order valence-electron chi connectivity index (χ3n) is 3.98. The summed E-state index contributed by atoms with van der Waals surface area (Å²) in [6.07, 6.45) is 3.50. The number of carbonyl (C=O) groups excluding carboxylic acids is 2. The zero-order valence-corrected chi connectivity index (χ0v) is 11.8. The molecule has 0 bridgehead atoms. The van der Waals surface area contributed by atoms with Crippen LogP contribution in [0.5, 0.6) is 0 Å². The van der Waals surface area contributed by atoms with Gasteiger partial charge in [0.15, 0.2) is 0 Å². The lowest BCUT2D eigenvalue weighted by Crippen LogP contribution is -2.51. The summed E-state index contributed by atoms with van der Waals surface area (Å²) in [6, 6.07) is -0.609. The molecule has 1 saturated carbocycles. The largest absolute Gasteiger partial charge is 0.453 e. The third-order valence-corrected chi connectivity index (χ3v) is 3.98. The third kappa shape index (κ3) is 2.83. The van der Waals surface area contributed by atoms with Crippen LogP contribution in [0.15, 0.2) is 0 Å². The lowest BCUT2D eigenvalue weighted by Gasteiger charge is -2.37. The molecule has 2 rings (SSSR count). The standard InChI is InChI=1S/C13H22N2O4/c1-9(2)10(14-12(17)18-3)11(16)15-8-7-13(19-15)5-4-6-13/h9-10H,4-8H2,1-3H3,(H,14,17). The highest BCUT2D eigenvalue weighted by molar-refractivity contribution is 5.85. The van der Waals surface area contributed by atoms with Crippen molar-refractivity contribution >= 4 is 12.0 Å². The van der Waals surface area contributed by atoms with Crippen LogP contribution in [-0.2, 0) is 14.4 Å². The number of nitrogens with zero attached hydrogens (tertiary/aromatic N) is 1. The minimum absolute atomic E-state index is 0.0202. The molecule has 1 N–H and O–H groups in total. The molecule has 0 aromatic heterocycles. The normalized spacial score (nSPS) is 22.2. The highest BCUT2D eigenvalue weighted by Crippen LogP contribution is 2.43. The maximum Gasteiger partial charge on any atom is 0.407 e. The van der Waals surface area contributed by atoms with Crippen LogP contribution in [0, 0.1) is 5.92 Å². The highest BCUT2D eigenvalue weighted by atomic mass is 16.7. The molecule has 1 aliphatic heterocycles. The molecule has 0 aromatic rings. The molecule has 1 saturated heterocycles. The summed E-state index contributed by atoms with van der Waals surface area (Å²) in [5.74, 6) is -0.211. The van der Waals surface area contributed by atoms with Gasteiger partial charge in [-0.25, -0.2) is 9.86 Å². The number of alkyl carbamates (subject to hydrolysis) is 1. The van der Waals surface area contributed by atoms with Crippen molar-refractivity contribution in [2.45, 2.75) is 51.2 Å². The van der Waals surface area contributed by atoms with Crippen LogP contribution in [-0.4, -0.2) is 42.4 Å². The predicted molar refractivity (Wildman–Crippen MR) is 68.2 cm³/mol. The maximum atomic E-state index is 12.4. The van der Waals surface area contributed by atoms with Crippen LogP contribution in [0.25, 0.3) is 0 Å². The first-order chi connectivity index (χ1) is 8.97. The van der Waals surface area contributed by atoms with E-state index in [4.69, 9.17) is 4.84 Å². The summed E-state index contributed by atoms with van der Waals surface area (Å²) in [4.78, 5) is 29.5. The molecule has 1 heterocycles. The Morgan fingerprint density at radius 1 is 1.32 bits per heavy atom. The molecule has 2 fully saturated rings. The quantitative estimate of drug-likeness (QED) is 0.843. The predicted octanol–water partition coefficient (Wildman–Crippen LogP) is 1.45. The van der Waals surface area contributed by atoms with E-state index >= 15 is 0 Å². The Labute approximate surface area is 113 Å². The van der Waals surface area contributed by atoms with E-state index in [9.17, 15) is 9.59 Å². The van der Waals surface area contributed by atoms with Gasteiger partial charge in [0.1, 0.15) is 6.04 Å². The topological polar surface area (TPSA) is 67.9 Å². The zero-order valence-electron chi connectivity index (χ0n) is 11.8. The Bertz CT molecular complexity index is 366. The lowest BCUT2D eigenvalue weighted by molar-refractivity contribution is -0.222. The van der Waals surface area contributed by atoms with E-state index < -0.39 is 12.1 Å². The van der Waals surface area contributed by atoms with E-state index in [1.165, 1.54) is 12.2 Å². The molecule has 1 atom stereocenters. The van der Waals surface area contributed by atoms with Crippen molar-refractivity contribution in [1.82, 2.24) is 10.4 Å². The molecule has 6 heteroatoms. The fourth-order valence-corrected chi connectivity index (χ4v) is 2.55. The molecule has 108 valence electrons. The number of methoxy groups -OCH3 is 1. The van der Waals surface area contributed by atoms with Crippen molar-refractivity contribution in [3.05, 3.63) is 0 Å². The summed E-state index contributed by atoms with van der Waals surface area (Å²) < 4.78 is 4.56. The monoisotopic (exact) mass is 270 g/mol. The minimum Gasteiger partial charge on any atom is -0.453 e. The van der Waals surface area contributed by atoms with Gasteiger partial charge in [0.2, 0.25) is 0 Å². The summed E-state index contributed by atoms with van der Waals surface area (Å²) in [7, 11) is 1.28. The van der Waals surface area contributed by atoms with Crippen molar-refractivity contribution in [2.24, 2.45) is 5.92 Å². The molecular weight excluding hydrogens is 248 g/mol. The number of nitrogens with one attached hydrogen (secondary N) is 1. The average Bonchev–Trinajstić information content (AvgIpc) is 2.79. The molecule has 2 aliphatic rings. The van der Waals surface area contributed by atoms with E-state index in [2.05, 4.69) is 10.1 Å². The van der Waals surface area contributed by atoms with Crippen molar-refractivity contribution in [3.8, 4) is 0 Å². The molecule has 2 amide bonds. The fraction of sp³-hybridized carbons (Fsp3) is 0.846. The van der Waals surface area contributed by atoms with E-state index in [1.54, 1.807) is 0 Å². The minimum atomic E-state index is -0.609. The van der Waals surface area contributed by atoms with Gasteiger partial charge in [0, 0.05) is 0 Å². The lowest BCUT2D eigenvalue weighted by atomic mass is 9.78. The second kappa shape index (κ2) is 5.36. The van der Waals surface area contributed by atoms with Gasteiger partial charge in [-0.05, 0) is 31.6 Å². The van der Waals surface area contributed by atoms with E-state index in [-0.39, 0.29) is 17.4 Å².